The van der Waals surface area contributed by atoms with E-state index in [1.165, 1.54) is 22.7 Å². The third-order valence-corrected chi connectivity index (χ3v) is 4.11. The standard InChI is InChI=1S/C11H9NO2S2/c1-6(2)14-10(13)9-5-15-11-8(9)3-7(4-12)16-11/h3,5-6H,1-2H3. The fourth-order valence-electron chi connectivity index (χ4n) is 1.32. The van der Waals surface area contributed by atoms with Gasteiger partial charge in [-0.3, -0.25) is 0 Å². The highest BCUT2D eigenvalue weighted by Crippen LogP contribution is 2.34. The number of ether oxygens (including phenoxy) is 1. The van der Waals surface area contributed by atoms with E-state index >= 15 is 0 Å². The normalized spacial score (nSPS) is 10.6. The molecule has 5 heteroatoms. The van der Waals surface area contributed by atoms with Crippen LogP contribution in [0.3, 0.4) is 0 Å². The zero-order valence-corrected chi connectivity index (χ0v) is 10.4. The van der Waals surface area contributed by atoms with Gasteiger partial charge in [0, 0.05) is 10.8 Å². The van der Waals surface area contributed by atoms with Crippen LogP contribution < -0.4 is 0 Å². The van der Waals surface area contributed by atoms with Crippen LogP contribution in [0.2, 0.25) is 0 Å². The molecule has 82 valence electrons. The molecule has 0 fully saturated rings. The molecule has 16 heavy (non-hydrogen) atoms. The first kappa shape index (κ1) is 11.1. The maximum absolute atomic E-state index is 11.7. The van der Waals surface area contributed by atoms with Crippen molar-refractivity contribution in [3.8, 4) is 6.07 Å². The number of fused-ring (bicyclic) bond motifs is 1. The van der Waals surface area contributed by atoms with E-state index in [1.807, 2.05) is 13.8 Å². The predicted molar refractivity (Wildman–Crippen MR) is 65.0 cm³/mol. The van der Waals surface area contributed by atoms with E-state index in [4.69, 9.17) is 10.00 Å². The number of thiophene rings is 2. The van der Waals surface area contributed by atoms with Gasteiger partial charge in [-0.2, -0.15) is 5.26 Å². The third kappa shape index (κ3) is 1.94. The monoisotopic (exact) mass is 251 g/mol. The Labute approximate surface area is 101 Å². The molecule has 0 N–H and O–H groups in total. The van der Waals surface area contributed by atoms with Gasteiger partial charge in [-0.05, 0) is 19.9 Å². The minimum atomic E-state index is -0.316. The molecule has 0 aromatic carbocycles. The predicted octanol–water partition coefficient (Wildman–Crippen LogP) is 3.40. The molecule has 2 heterocycles. The van der Waals surface area contributed by atoms with Crippen LogP contribution in [0, 0.1) is 11.3 Å². The van der Waals surface area contributed by atoms with Crippen LogP contribution in [-0.2, 0) is 4.74 Å². The van der Waals surface area contributed by atoms with Crippen molar-refractivity contribution in [2.75, 3.05) is 0 Å². The smallest absolute Gasteiger partial charge is 0.339 e. The van der Waals surface area contributed by atoms with Gasteiger partial charge < -0.3 is 4.74 Å². The highest BCUT2D eigenvalue weighted by molar-refractivity contribution is 7.38. The summed E-state index contributed by atoms with van der Waals surface area (Å²) in [6.45, 7) is 3.63. The van der Waals surface area contributed by atoms with Crippen LogP contribution in [0.5, 0.6) is 0 Å². The maximum Gasteiger partial charge on any atom is 0.339 e. The molecule has 0 aliphatic rings. The van der Waals surface area contributed by atoms with Gasteiger partial charge >= 0.3 is 5.97 Å². The van der Waals surface area contributed by atoms with Crippen LogP contribution in [-0.4, -0.2) is 12.1 Å². The molecule has 0 spiro atoms. The molecule has 0 radical (unpaired) electrons. The van der Waals surface area contributed by atoms with Crippen molar-refractivity contribution in [1.29, 1.82) is 5.26 Å². The summed E-state index contributed by atoms with van der Waals surface area (Å²) >= 11 is 2.88. The number of carbonyl (C=O) groups excluding carboxylic acids is 1. The van der Waals surface area contributed by atoms with Gasteiger partial charge in [-0.15, -0.1) is 22.7 Å². The number of rotatable bonds is 2. The van der Waals surface area contributed by atoms with Gasteiger partial charge in [0.05, 0.1) is 15.7 Å². The molecule has 2 aromatic heterocycles. The van der Waals surface area contributed by atoms with E-state index in [-0.39, 0.29) is 12.1 Å². The Morgan fingerprint density at radius 3 is 2.94 bits per heavy atom. The SMILES string of the molecule is CC(C)OC(=O)c1csc2sc(C#N)cc12. The van der Waals surface area contributed by atoms with Crippen molar-refractivity contribution >= 4 is 38.0 Å². The second kappa shape index (κ2) is 4.24. The molecule has 0 saturated heterocycles. The summed E-state index contributed by atoms with van der Waals surface area (Å²) in [4.78, 5) is 12.4. The van der Waals surface area contributed by atoms with Gasteiger partial charge in [0.15, 0.2) is 0 Å². The topological polar surface area (TPSA) is 50.1 Å². The summed E-state index contributed by atoms with van der Waals surface area (Å²) in [6, 6.07) is 3.83. The molecule has 0 unspecified atom stereocenters. The zero-order chi connectivity index (χ0) is 11.7. The van der Waals surface area contributed by atoms with Crippen molar-refractivity contribution in [3.63, 3.8) is 0 Å². The fraction of sp³-hybridized carbons (Fsp3) is 0.273. The molecular formula is C11H9NO2S2. The summed E-state index contributed by atoms with van der Waals surface area (Å²) in [5.74, 6) is -0.316. The van der Waals surface area contributed by atoms with Crippen LogP contribution in [0.4, 0.5) is 0 Å². The van der Waals surface area contributed by atoms with Crippen LogP contribution in [0.25, 0.3) is 9.40 Å². The van der Waals surface area contributed by atoms with Crippen molar-refractivity contribution in [1.82, 2.24) is 0 Å². The first-order chi connectivity index (χ1) is 7.61. The van der Waals surface area contributed by atoms with E-state index in [0.717, 1.165) is 9.40 Å². The first-order valence-electron chi connectivity index (χ1n) is 4.74. The fourth-order valence-corrected chi connectivity index (χ4v) is 3.37. The number of carbonyl (C=O) groups is 1. The lowest BCUT2D eigenvalue weighted by molar-refractivity contribution is 0.0381. The number of hydrogen-bond donors (Lipinski definition) is 0. The molecule has 0 saturated carbocycles. The summed E-state index contributed by atoms with van der Waals surface area (Å²) in [6.07, 6.45) is -0.128. The lowest BCUT2D eigenvalue weighted by atomic mass is 10.2. The van der Waals surface area contributed by atoms with Crippen molar-refractivity contribution in [2.45, 2.75) is 20.0 Å². The number of esters is 1. The Hall–Kier alpha value is -1.38. The van der Waals surface area contributed by atoms with Crippen molar-refractivity contribution in [3.05, 3.63) is 21.9 Å². The maximum atomic E-state index is 11.7. The van der Waals surface area contributed by atoms with Gasteiger partial charge in [0.1, 0.15) is 10.9 Å². The molecule has 0 atom stereocenters. The first-order valence-corrected chi connectivity index (χ1v) is 6.43. The van der Waals surface area contributed by atoms with Gasteiger partial charge in [-0.1, -0.05) is 0 Å². The van der Waals surface area contributed by atoms with Crippen LogP contribution >= 0.6 is 22.7 Å². The molecule has 0 amide bonds. The Morgan fingerprint density at radius 2 is 2.31 bits per heavy atom. The molecule has 0 aliphatic heterocycles. The largest absolute Gasteiger partial charge is 0.459 e. The molecule has 2 aromatic rings. The molecule has 0 bridgehead atoms. The van der Waals surface area contributed by atoms with Crippen LogP contribution in [0.1, 0.15) is 29.1 Å². The van der Waals surface area contributed by atoms with Gasteiger partial charge in [-0.25, -0.2) is 4.79 Å². The highest BCUT2D eigenvalue weighted by Gasteiger charge is 2.16. The third-order valence-electron chi connectivity index (χ3n) is 1.94. The van der Waals surface area contributed by atoms with E-state index in [0.29, 0.717) is 10.4 Å². The highest BCUT2D eigenvalue weighted by atomic mass is 32.2. The quantitative estimate of drug-likeness (QED) is 0.769. The number of hydrogen-bond acceptors (Lipinski definition) is 5. The van der Waals surface area contributed by atoms with Crippen LogP contribution in [0.15, 0.2) is 11.4 Å². The Morgan fingerprint density at radius 1 is 1.56 bits per heavy atom. The average molecular weight is 251 g/mol. The minimum absolute atomic E-state index is 0.128. The van der Waals surface area contributed by atoms with E-state index in [9.17, 15) is 4.79 Å². The van der Waals surface area contributed by atoms with Gasteiger partial charge in [0.2, 0.25) is 0 Å². The summed E-state index contributed by atoms with van der Waals surface area (Å²) in [5.41, 5.74) is 0.562. The Balaban J connectivity index is 2.41. The zero-order valence-electron chi connectivity index (χ0n) is 8.81. The number of nitrogens with zero attached hydrogens (tertiary/aromatic N) is 1. The lowest BCUT2D eigenvalue weighted by Crippen LogP contribution is -2.10. The van der Waals surface area contributed by atoms with E-state index < -0.39 is 0 Å². The Bertz CT molecular complexity index is 574. The molecule has 3 nitrogen and oxygen atoms in total. The van der Waals surface area contributed by atoms with Gasteiger partial charge in [0.25, 0.3) is 0 Å². The second-order valence-corrected chi connectivity index (χ2v) is 5.72. The summed E-state index contributed by atoms with van der Waals surface area (Å²) < 4.78 is 6.13. The van der Waals surface area contributed by atoms with Crippen molar-refractivity contribution in [2.24, 2.45) is 0 Å². The summed E-state index contributed by atoms with van der Waals surface area (Å²) in [5, 5.41) is 11.4. The van der Waals surface area contributed by atoms with E-state index in [1.54, 1.807) is 11.4 Å². The van der Waals surface area contributed by atoms with E-state index in [2.05, 4.69) is 6.07 Å². The molecular weight excluding hydrogens is 242 g/mol. The molecule has 0 aliphatic carbocycles. The average Bonchev–Trinajstić information content (AvgIpc) is 2.73. The lowest BCUT2D eigenvalue weighted by Gasteiger charge is -2.05. The summed E-state index contributed by atoms with van der Waals surface area (Å²) in [7, 11) is 0. The Kier molecular flexibility index (Phi) is 2.95. The van der Waals surface area contributed by atoms with Crippen molar-refractivity contribution < 1.29 is 9.53 Å². The second-order valence-electron chi connectivity index (χ2n) is 3.53. The molecule has 2 rings (SSSR count). The minimum Gasteiger partial charge on any atom is -0.459 e. The number of nitriles is 1.